The number of nitrogens with one attached hydrogen (secondary N) is 1. The number of aromatic nitrogens is 2. The van der Waals surface area contributed by atoms with Crippen molar-refractivity contribution in [3.63, 3.8) is 0 Å². The van der Waals surface area contributed by atoms with E-state index in [0.717, 1.165) is 33.8 Å². The van der Waals surface area contributed by atoms with Crippen LogP contribution in [0.5, 0.6) is 0 Å². The topological polar surface area (TPSA) is 112 Å². The molecular formula is C28H32FN3O4S. The fraction of sp³-hybridized carbons (Fsp3) is 0.321. The minimum atomic E-state index is -1.44. The summed E-state index contributed by atoms with van der Waals surface area (Å²) in [4.78, 5) is 20.7. The molecule has 0 bridgehead atoms. The van der Waals surface area contributed by atoms with E-state index in [2.05, 4.69) is 14.7 Å². The number of hydrogen-bond acceptors (Lipinski definition) is 5. The fourth-order valence-electron chi connectivity index (χ4n) is 4.16. The zero-order valence-electron chi connectivity index (χ0n) is 22.1. The van der Waals surface area contributed by atoms with E-state index in [1.54, 1.807) is 20.8 Å². The Bertz CT molecular complexity index is 1510. The largest absolute Gasteiger partial charge is 0.481 e. The van der Waals surface area contributed by atoms with E-state index < -0.39 is 28.4 Å². The zero-order valence-corrected chi connectivity index (χ0v) is 22.9. The molecule has 37 heavy (non-hydrogen) atoms. The quantitative estimate of drug-likeness (QED) is 0.291. The lowest BCUT2D eigenvalue weighted by molar-refractivity contribution is -0.136. The Balaban J connectivity index is 0.000000695. The monoisotopic (exact) mass is 525 g/mol. The molecule has 0 saturated carbocycles. The Morgan fingerprint density at radius 1 is 1.08 bits per heavy atom. The number of carbonyl (C=O) groups is 1. The molecule has 3 N–H and O–H groups in total. The van der Waals surface area contributed by atoms with Crippen molar-refractivity contribution in [3.8, 4) is 11.1 Å². The number of carboxylic acids is 1. The number of halogens is 1. The van der Waals surface area contributed by atoms with Gasteiger partial charge in [-0.15, -0.1) is 0 Å². The van der Waals surface area contributed by atoms with Crippen LogP contribution >= 0.6 is 0 Å². The third kappa shape index (κ3) is 6.67. The first-order valence-electron chi connectivity index (χ1n) is 11.7. The molecule has 0 aliphatic rings. The van der Waals surface area contributed by atoms with Gasteiger partial charge in [-0.25, -0.2) is 13.6 Å². The Morgan fingerprint density at radius 3 is 2.22 bits per heavy atom. The molecule has 0 saturated heterocycles. The highest BCUT2D eigenvalue weighted by atomic mass is 32.2. The predicted octanol–water partition coefficient (Wildman–Crippen LogP) is 5.62. The lowest BCUT2D eigenvalue weighted by Gasteiger charge is -2.20. The Kier molecular flexibility index (Phi) is 8.29. The molecular weight excluding hydrogens is 493 g/mol. The first kappa shape index (κ1) is 28.1. The van der Waals surface area contributed by atoms with Crippen LogP contribution in [0, 0.1) is 26.6 Å². The maximum Gasteiger partial charge on any atom is 0.307 e. The standard InChI is InChI=1S/C24H22FN3O3S.C4H10O/c1-12-5-7-15(8-6-12)20-14(3)21-22(13(2)17(20)10-19(29)30)27-24(28-32(4)31)18-9-16(25)11-26-23(18)21;1-4(2,3)5/h5-9,11H,10H2,1-4H3,(H,27,28)(H,29,30);5H,1-3H3. The fourth-order valence-corrected chi connectivity index (χ4v) is 4.59. The Labute approximate surface area is 218 Å². The highest BCUT2D eigenvalue weighted by Crippen LogP contribution is 2.40. The van der Waals surface area contributed by atoms with Crippen molar-refractivity contribution in [2.24, 2.45) is 0 Å². The van der Waals surface area contributed by atoms with Gasteiger partial charge in [0, 0.05) is 17.0 Å². The lowest BCUT2D eigenvalue weighted by atomic mass is 9.86. The molecule has 0 amide bonds. The number of anilines is 1. The number of nitrogens with zero attached hydrogens (tertiary/aromatic N) is 2. The van der Waals surface area contributed by atoms with Crippen LogP contribution in [-0.4, -0.2) is 42.2 Å². The molecule has 1 atom stereocenters. The van der Waals surface area contributed by atoms with Crippen LogP contribution < -0.4 is 4.72 Å². The summed E-state index contributed by atoms with van der Waals surface area (Å²) in [5.74, 6) is -1.24. The lowest BCUT2D eigenvalue weighted by Crippen LogP contribution is -2.10. The van der Waals surface area contributed by atoms with Gasteiger partial charge in [-0.05, 0) is 75.4 Å². The number of pyridine rings is 2. The number of fused-ring (bicyclic) bond motifs is 3. The van der Waals surface area contributed by atoms with Crippen molar-refractivity contribution >= 4 is 44.6 Å². The maximum atomic E-state index is 14.1. The van der Waals surface area contributed by atoms with Crippen molar-refractivity contribution in [1.29, 1.82) is 0 Å². The van der Waals surface area contributed by atoms with Gasteiger partial charge in [-0.1, -0.05) is 29.8 Å². The van der Waals surface area contributed by atoms with E-state index in [1.165, 1.54) is 12.3 Å². The minimum absolute atomic E-state index is 0.176. The van der Waals surface area contributed by atoms with Crippen molar-refractivity contribution < 1.29 is 23.6 Å². The summed E-state index contributed by atoms with van der Waals surface area (Å²) in [6, 6.07) is 9.20. The van der Waals surface area contributed by atoms with Crippen molar-refractivity contribution in [2.75, 3.05) is 11.0 Å². The molecule has 1 unspecified atom stereocenters. The van der Waals surface area contributed by atoms with E-state index >= 15 is 0 Å². The van der Waals surface area contributed by atoms with Gasteiger partial charge in [0.05, 0.1) is 29.3 Å². The van der Waals surface area contributed by atoms with Gasteiger partial charge in [-0.3, -0.25) is 14.5 Å². The molecule has 7 nitrogen and oxygen atoms in total. The van der Waals surface area contributed by atoms with Crippen LogP contribution in [0.15, 0.2) is 36.5 Å². The van der Waals surface area contributed by atoms with E-state index in [0.29, 0.717) is 27.5 Å². The number of carboxylic acid groups (broad SMARTS) is 1. The van der Waals surface area contributed by atoms with E-state index in [9.17, 15) is 18.5 Å². The van der Waals surface area contributed by atoms with E-state index in [-0.39, 0.29) is 12.2 Å². The summed E-state index contributed by atoms with van der Waals surface area (Å²) in [6.45, 7) is 10.9. The number of aryl methyl sites for hydroxylation is 3. The molecule has 0 spiro atoms. The number of aliphatic hydroxyl groups is 1. The predicted molar refractivity (Wildman–Crippen MR) is 148 cm³/mol. The smallest absolute Gasteiger partial charge is 0.307 e. The van der Waals surface area contributed by atoms with Crippen LogP contribution in [-0.2, 0) is 22.2 Å². The van der Waals surface area contributed by atoms with Gasteiger partial charge in [0.25, 0.3) is 0 Å². The second-order valence-corrected chi connectivity index (χ2v) is 11.1. The first-order chi connectivity index (χ1) is 17.2. The summed E-state index contributed by atoms with van der Waals surface area (Å²) < 4.78 is 28.7. The first-order valence-corrected chi connectivity index (χ1v) is 13.3. The van der Waals surface area contributed by atoms with E-state index in [1.807, 2.05) is 45.0 Å². The molecule has 4 aromatic rings. The molecule has 0 fully saturated rings. The summed E-state index contributed by atoms with van der Waals surface area (Å²) >= 11 is 0. The SMILES string of the molecule is CC(C)(C)O.Cc1ccc(-c2c(CC(=O)O)c(C)c3nc(NS(C)=O)c4cc(F)cnc4c3c2C)cc1. The van der Waals surface area contributed by atoms with Gasteiger partial charge in [0.2, 0.25) is 0 Å². The summed E-state index contributed by atoms with van der Waals surface area (Å²) in [7, 11) is -1.44. The molecule has 2 aromatic heterocycles. The van der Waals surface area contributed by atoms with Crippen LogP contribution in [0.1, 0.15) is 43.0 Å². The second kappa shape index (κ2) is 10.9. The minimum Gasteiger partial charge on any atom is -0.481 e. The third-order valence-corrected chi connectivity index (χ3v) is 6.06. The molecule has 9 heteroatoms. The summed E-state index contributed by atoms with van der Waals surface area (Å²) in [5, 5.41) is 19.3. The van der Waals surface area contributed by atoms with Crippen molar-refractivity contribution in [3.05, 3.63) is 64.6 Å². The van der Waals surface area contributed by atoms with Crippen LogP contribution in [0.25, 0.3) is 32.9 Å². The summed E-state index contributed by atoms with van der Waals surface area (Å²) in [5.41, 5.74) is 5.52. The van der Waals surface area contributed by atoms with Crippen molar-refractivity contribution in [2.45, 2.75) is 53.6 Å². The molecule has 0 radical (unpaired) electrons. The van der Waals surface area contributed by atoms with Crippen LogP contribution in [0.4, 0.5) is 10.2 Å². The highest BCUT2D eigenvalue weighted by molar-refractivity contribution is 7.85. The van der Waals surface area contributed by atoms with Crippen LogP contribution in [0.2, 0.25) is 0 Å². The van der Waals surface area contributed by atoms with Gasteiger partial charge in [-0.2, -0.15) is 0 Å². The van der Waals surface area contributed by atoms with E-state index in [4.69, 9.17) is 5.11 Å². The summed E-state index contributed by atoms with van der Waals surface area (Å²) in [6.07, 6.45) is 2.42. The van der Waals surface area contributed by atoms with Crippen molar-refractivity contribution in [1.82, 2.24) is 9.97 Å². The number of benzene rings is 2. The normalized spacial score (nSPS) is 12.2. The van der Waals surface area contributed by atoms with Gasteiger partial charge in [0.15, 0.2) is 0 Å². The molecule has 2 heterocycles. The third-order valence-electron chi connectivity index (χ3n) is 5.57. The second-order valence-electron chi connectivity index (χ2n) is 10.0. The average Bonchev–Trinajstić information content (AvgIpc) is 2.76. The number of aliphatic carboxylic acids is 1. The van der Waals surface area contributed by atoms with Crippen LogP contribution in [0.3, 0.4) is 0 Å². The molecule has 2 aromatic carbocycles. The molecule has 4 rings (SSSR count). The van der Waals surface area contributed by atoms with Gasteiger partial charge >= 0.3 is 5.97 Å². The maximum absolute atomic E-state index is 14.1. The molecule has 0 aliphatic heterocycles. The number of rotatable bonds is 5. The Hall–Kier alpha value is -3.43. The number of hydrogen-bond donors (Lipinski definition) is 3. The average molecular weight is 526 g/mol. The highest BCUT2D eigenvalue weighted by Gasteiger charge is 2.23. The Morgan fingerprint density at radius 2 is 1.68 bits per heavy atom. The van der Waals surface area contributed by atoms with Gasteiger partial charge in [0.1, 0.15) is 22.6 Å². The zero-order chi connectivity index (χ0) is 27.7. The van der Waals surface area contributed by atoms with Gasteiger partial charge < -0.3 is 10.2 Å². The molecule has 196 valence electrons. The molecule has 0 aliphatic carbocycles.